The number of carbonyl (C=O) groups is 2. The molecule has 0 radical (unpaired) electrons. The van der Waals surface area contributed by atoms with Crippen molar-refractivity contribution >= 4 is 17.6 Å². The molecule has 0 unspecified atom stereocenters. The van der Waals surface area contributed by atoms with Crippen LogP contribution in [0.3, 0.4) is 0 Å². The zero-order chi connectivity index (χ0) is 15.7. The van der Waals surface area contributed by atoms with E-state index in [1.807, 2.05) is 0 Å². The molecule has 0 aliphatic carbocycles. The fraction of sp³-hybridized carbons (Fsp3) is 0.462. The quantitative estimate of drug-likeness (QED) is 0.450. The molecule has 2 bridgehead atoms. The van der Waals surface area contributed by atoms with Gasteiger partial charge in [0.2, 0.25) is 0 Å². The average Bonchev–Trinajstić information content (AvgIpc) is 2.76. The molecule has 2 aliphatic rings. The van der Waals surface area contributed by atoms with Crippen LogP contribution in [0.2, 0.25) is 0 Å². The molecule has 2 atom stereocenters. The first kappa shape index (κ1) is 14.5. The first-order valence-electron chi connectivity index (χ1n) is 7.02. The van der Waals surface area contributed by atoms with Gasteiger partial charge in [0.25, 0.3) is 5.91 Å². The van der Waals surface area contributed by atoms with Gasteiger partial charge in [0, 0.05) is 6.20 Å². The predicted molar refractivity (Wildman–Crippen MR) is 76.5 cm³/mol. The Bertz CT molecular complexity index is 582. The molecule has 1 aromatic rings. The number of pyridine rings is 1. The van der Waals surface area contributed by atoms with Gasteiger partial charge in [0.05, 0.1) is 18.4 Å². The lowest BCUT2D eigenvalue weighted by atomic mass is 9.95. The topological polar surface area (TPSA) is 110 Å². The number of likely N-dealkylation sites (N-methyl/N-ethyl adjacent to an activating group) is 1. The largest absolute Gasteiger partial charge is 0.346 e. The van der Waals surface area contributed by atoms with Crippen molar-refractivity contribution in [3.05, 3.63) is 24.5 Å². The molecule has 3 amide bonds. The number of anilines is 1. The molecule has 4 N–H and O–H groups in total. The van der Waals surface area contributed by atoms with Gasteiger partial charge >= 0.3 is 6.03 Å². The molecule has 3 heterocycles. The molecular weight excluding hydrogens is 288 g/mol. The van der Waals surface area contributed by atoms with E-state index in [0.717, 1.165) is 0 Å². The normalized spacial score (nSPS) is 27.0. The number of urea groups is 1. The lowest BCUT2D eigenvalue weighted by Crippen LogP contribution is -2.59. The smallest absolute Gasteiger partial charge is 0.307 e. The zero-order valence-electron chi connectivity index (χ0n) is 12.1. The summed E-state index contributed by atoms with van der Waals surface area (Å²) in [5.41, 5.74) is 5.18. The number of nitrogens with one attached hydrogen (secondary N) is 3. The Balaban J connectivity index is 1.66. The predicted octanol–water partition coefficient (Wildman–Crippen LogP) is -0.270. The van der Waals surface area contributed by atoms with Crippen LogP contribution in [0, 0.1) is 0 Å². The van der Waals surface area contributed by atoms with Crippen LogP contribution in [-0.4, -0.2) is 57.4 Å². The Labute approximate surface area is 127 Å². The van der Waals surface area contributed by atoms with E-state index in [-0.39, 0.29) is 12.5 Å². The highest BCUT2D eigenvalue weighted by atomic mass is 16.5. The number of fused-ring (bicyclic) bond motifs is 2. The molecule has 118 valence electrons. The molecule has 0 aromatic carbocycles. The van der Waals surface area contributed by atoms with Crippen LogP contribution in [-0.2, 0) is 4.79 Å². The van der Waals surface area contributed by atoms with Crippen molar-refractivity contribution in [2.75, 3.05) is 19.0 Å². The number of hydroxylamine groups is 2. The highest BCUT2D eigenvalue weighted by Crippen LogP contribution is 2.35. The summed E-state index contributed by atoms with van der Waals surface area (Å²) in [7, 11) is 1.68. The van der Waals surface area contributed by atoms with E-state index in [1.54, 1.807) is 31.6 Å². The van der Waals surface area contributed by atoms with Gasteiger partial charge in [-0.3, -0.25) is 31.2 Å². The maximum Gasteiger partial charge on any atom is 0.346 e. The van der Waals surface area contributed by atoms with Crippen LogP contribution in [0.1, 0.15) is 12.8 Å². The SMILES string of the molecule is CN[C@@]12CC[C@@H](C(=O)NNc3cccnc3)N(C1)C(=O)N2O. The lowest BCUT2D eigenvalue weighted by Gasteiger charge is -2.37. The fourth-order valence-electron chi connectivity index (χ4n) is 2.92. The van der Waals surface area contributed by atoms with Gasteiger partial charge in [-0.1, -0.05) is 0 Å². The summed E-state index contributed by atoms with van der Waals surface area (Å²) in [5, 5.41) is 13.6. The third kappa shape index (κ3) is 2.24. The average molecular weight is 306 g/mol. The minimum absolute atomic E-state index is 0.268. The summed E-state index contributed by atoms with van der Waals surface area (Å²) in [6.45, 7) is 0.268. The van der Waals surface area contributed by atoms with Crippen molar-refractivity contribution in [3.63, 3.8) is 0 Å². The van der Waals surface area contributed by atoms with E-state index in [9.17, 15) is 14.8 Å². The van der Waals surface area contributed by atoms with E-state index in [0.29, 0.717) is 23.6 Å². The number of carbonyl (C=O) groups excluding carboxylic acids is 2. The maximum atomic E-state index is 12.3. The second-order valence-electron chi connectivity index (χ2n) is 5.41. The highest BCUT2D eigenvalue weighted by Gasteiger charge is 2.55. The molecule has 2 fully saturated rings. The second kappa shape index (κ2) is 5.43. The van der Waals surface area contributed by atoms with Crippen molar-refractivity contribution < 1.29 is 14.8 Å². The number of rotatable bonds is 4. The molecule has 9 nitrogen and oxygen atoms in total. The number of hydrogen-bond acceptors (Lipinski definition) is 6. The molecular formula is C13H18N6O3. The molecule has 1 aromatic heterocycles. The third-order valence-electron chi connectivity index (χ3n) is 4.23. The summed E-state index contributed by atoms with van der Waals surface area (Å²) in [6, 6.07) is 2.32. The van der Waals surface area contributed by atoms with Crippen LogP contribution >= 0.6 is 0 Å². The van der Waals surface area contributed by atoms with E-state index in [2.05, 4.69) is 21.2 Å². The molecule has 0 spiro atoms. The molecule has 2 saturated heterocycles. The number of hydrazine groups is 1. The number of nitrogens with zero attached hydrogens (tertiary/aromatic N) is 3. The maximum absolute atomic E-state index is 12.3. The molecule has 3 rings (SSSR count). The Morgan fingerprint density at radius 3 is 3.05 bits per heavy atom. The van der Waals surface area contributed by atoms with Crippen molar-refractivity contribution in [3.8, 4) is 0 Å². The summed E-state index contributed by atoms with van der Waals surface area (Å²) in [6.07, 6.45) is 4.16. The minimum Gasteiger partial charge on any atom is -0.307 e. The molecule has 0 saturated carbocycles. The number of hydrogen-bond donors (Lipinski definition) is 4. The Morgan fingerprint density at radius 1 is 1.55 bits per heavy atom. The summed E-state index contributed by atoms with van der Waals surface area (Å²) in [4.78, 5) is 29.7. The first-order valence-corrected chi connectivity index (χ1v) is 7.02. The van der Waals surface area contributed by atoms with E-state index < -0.39 is 17.7 Å². The van der Waals surface area contributed by atoms with Crippen LogP contribution in [0.15, 0.2) is 24.5 Å². The Morgan fingerprint density at radius 2 is 2.36 bits per heavy atom. The van der Waals surface area contributed by atoms with Gasteiger partial charge in [-0.15, -0.1) is 0 Å². The van der Waals surface area contributed by atoms with Gasteiger partial charge in [0.15, 0.2) is 0 Å². The van der Waals surface area contributed by atoms with Crippen LogP contribution < -0.4 is 16.2 Å². The number of amides is 3. The first-order chi connectivity index (χ1) is 10.6. The lowest BCUT2D eigenvalue weighted by molar-refractivity contribution is -0.129. The van der Waals surface area contributed by atoms with Crippen molar-refractivity contribution in [2.45, 2.75) is 24.5 Å². The van der Waals surface area contributed by atoms with Crippen molar-refractivity contribution in [1.82, 2.24) is 25.7 Å². The fourth-order valence-corrected chi connectivity index (χ4v) is 2.92. The zero-order valence-corrected chi connectivity index (χ0v) is 12.1. The highest BCUT2D eigenvalue weighted by molar-refractivity contribution is 5.89. The van der Waals surface area contributed by atoms with E-state index >= 15 is 0 Å². The summed E-state index contributed by atoms with van der Waals surface area (Å²) in [5.74, 6) is -0.322. The van der Waals surface area contributed by atoms with Crippen molar-refractivity contribution in [1.29, 1.82) is 0 Å². The van der Waals surface area contributed by atoms with Crippen LogP contribution in [0.25, 0.3) is 0 Å². The molecule has 22 heavy (non-hydrogen) atoms. The minimum atomic E-state index is -0.801. The van der Waals surface area contributed by atoms with Crippen molar-refractivity contribution in [2.24, 2.45) is 0 Å². The van der Waals surface area contributed by atoms with Gasteiger partial charge in [0.1, 0.15) is 11.7 Å². The van der Waals surface area contributed by atoms with Gasteiger partial charge in [-0.25, -0.2) is 4.79 Å². The van der Waals surface area contributed by atoms with E-state index in [4.69, 9.17) is 0 Å². The Hall–Kier alpha value is -2.39. The van der Waals surface area contributed by atoms with E-state index in [1.165, 1.54) is 4.90 Å². The number of piperidine rings is 1. The molecule has 2 aliphatic heterocycles. The van der Waals surface area contributed by atoms with Crippen LogP contribution in [0.5, 0.6) is 0 Å². The number of aromatic nitrogens is 1. The monoisotopic (exact) mass is 306 g/mol. The van der Waals surface area contributed by atoms with Gasteiger partial charge in [-0.05, 0) is 32.0 Å². The van der Waals surface area contributed by atoms with Gasteiger partial charge < -0.3 is 4.90 Å². The summed E-state index contributed by atoms with van der Waals surface area (Å²) >= 11 is 0. The van der Waals surface area contributed by atoms with Gasteiger partial charge in [-0.2, -0.15) is 5.06 Å². The molecule has 9 heteroatoms. The standard InChI is InChI=1S/C13H18N6O3/c1-14-13-5-4-10(18(8-13)12(21)19(13)22)11(20)17-16-9-3-2-6-15-7-9/h2-3,6-7,10,14,16,22H,4-5,8H2,1H3,(H,17,20)/t10-,13+/m0/s1. The Kier molecular flexibility index (Phi) is 3.59. The third-order valence-corrected chi connectivity index (χ3v) is 4.23. The summed E-state index contributed by atoms with van der Waals surface area (Å²) < 4.78 is 0. The van der Waals surface area contributed by atoms with Crippen LogP contribution in [0.4, 0.5) is 10.5 Å². The second-order valence-corrected chi connectivity index (χ2v) is 5.41.